The lowest BCUT2D eigenvalue weighted by Crippen LogP contribution is -2.28. The summed E-state index contributed by atoms with van der Waals surface area (Å²) in [6, 6.07) is 8.12. The minimum absolute atomic E-state index is 0.193. The zero-order chi connectivity index (χ0) is 14.2. The van der Waals surface area contributed by atoms with Crippen molar-refractivity contribution in [3.63, 3.8) is 0 Å². The standard InChI is InChI=1S/C15H19BrN2O/c1-10(2)18-14(13(16)9-17-18)15(4,19)12-7-5-11(3)6-8-12/h5-10,19H,1-4H3. The van der Waals surface area contributed by atoms with Gasteiger partial charge in [0.1, 0.15) is 5.60 Å². The van der Waals surface area contributed by atoms with Crippen molar-refractivity contribution in [3.8, 4) is 0 Å². The molecular weight excluding hydrogens is 304 g/mol. The summed E-state index contributed by atoms with van der Waals surface area (Å²) in [5, 5.41) is 15.3. The van der Waals surface area contributed by atoms with Crippen molar-refractivity contribution in [2.45, 2.75) is 39.3 Å². The summed E-state index contributed by atoms with van der Waals surface area (Å²) in [6.45, 7) is 7.94. The van der Waals surface area contributed by atoms with Crippen LogP contribution in [0.4, 0.5) is 0 Å². The maximum atomic E-state index is 11.0. The predicted molar refractivity (Wildman–Crippen MR) is 80.2 cm³/mol. The molecule has 0 aliphatic carbocycles. The quantitative estimate of drug-likeness (QED) is 0.933. The third-order valence-corrected chi connectivity index (χ3v) is 3.90. The van der Waals surface area contributed by atoms with Crippen molar-refractivity contribution in [2.75, 3.05) is 0 Å². The Hall–Kier alpha value is -1.13. The second-order valence-electron chi connectivity index (χ2n) is 5.32. The maximum Gasteiger partial charge on any atom is 0.129 e. The molecule has 0 fully saturated rings. The zero-order valence-electron chi connectivity index (χ0n) is 11.7. The second-order valence-corrected chi connectivity index (χ2v) is 6.17. The summed E-state index contributed by atoms with van der Waals surface area (Å²) in [6.07, 6.45) is 1.73. The van der Waals surface area contributed by atoms with Crippen LogP contribution in [0, 0.1) is 6.92 Å². The van der Waals surface area contributed by atoms with Crippen LogP contribution < -0.4 is 0 Å². The van der Waals surface area contributed by atoms with Crippen molar-refractivity contribution < 1.29 is 5.11 Å². The van der Waals surface area contributed by atoms with Crippen molar-refractivity contribution in [3.05, 3.63) is 51.8 Å². The highest BCUT2D eigenvalue weighted by molar-refractivity contribution is 9.10. The van der Waals surface area contributed by atoms with Crippen molar-refractivity contribution in [2.24, 2.45) is 0 Å². The number of aryl methyl sites for hydroxylation is 1. The number of halogens is 1. The van der Waals surface area contributed by atoms with Gasteiger partial charge in [0.2, 0.25) is 0 Å². The minimum Gasteiger partial charge on any atom is -0.379 e. The van der Waals surface area contributed by atoms with Crippen LogP contribution in [-0.4, -0.2) is 14.9 Å². The summed E-state index contributed by atoms with van der Waals surface area (Å²) in [5.41, 5.74) is 1.75. The lowest BCUT2D eigenvalue weighted by Gasteiger charge is -2.27. The molecule has 0 bridgehead atoms. The number of hydrogen-bond donors (Lipinski definition) is 1. The Labute approximate surface area is 122 Å². The lowest BCUT2D eigenvalue weighted by molar-refractivity contribution is 0.0892. The van der Waals surface area contributed by atoms with E-state index in [0.717, 1.165) is 15.7 Å². The van der Waals surface area contributed by atoms with Gasteiger partial charge in [0.15, 0.2) is 0 Å². The van der Waals surface area contributed by atoms with Gasteiger partial charge in [-0.3, -0.25) is 4.68 Å². The van der Waals surface area contributed by atoms with Crippen LogP contribution in [-0.2, 0) is 5.60 Å². The van der Waals surface area contributed by atoms with Gasteiger partial charge in [-0.25, -0.2) is 0 Å². The summed E-state index contributed by atoms with van der Waals surface area (Å²) in [5.74, 6) is 0. The molecule has 4 heteroatoms. The van der Waals surface area contributed by atoms with E-state index in [1.165, 1.54) is 5.56 Å². The normalized spacial score (nSPS) is 14.7. The molecule has 0 aliphatic heterocycles. The molecule has 1 heterocycles. The molecule has 1 atom stereocenters. The van der Waals surface area contributed by atoms with Gasteiger partial charge in [0.05, 0.1) is 16.4 Å². The Bertz CT molecular complexity index is 570. The van der Waals surface area contributed by atoms with E-state index in [-0.39, 0.29) is 6.04 Å². The molecule has 1 unspecified atom stereocenters. The zero-order valence-corrected chi connectivity index (χ0v) is 13.3. The summed E-state index contributed by atoms with van der Waals surface area (Å²) >= 11 is 3.49. The molecule has 3 nitrogen and oxygen atoms in total. The molecule has 0 radical (unpaired) electrons. The lowest BCUT2D eigenvalue weighted by atomic mass is 9.91. The van der Waals surface area contributed by atoms with E-state index in [0.29, 0.717) is 0 Å². The van der Waals surface area contributed by atoms with E-state index < -0.39 is 5.60 Å². The molecule has 0 aliphatic rings. The van der Waals surface area contributed by atoms with Gasteiger partial charge in [0, 0.05) is 6.04 Å². The van der Waals surface area contributed by atoms with Crippen molar-refractivity contribution in [1.29, 1.82) is 0 Å². The van der Waals surface area contributed by atoms with Crippen LogP contribution in [0.25, 0.3) is 0 Å². The third kappa shape index (κ3) is 2.60. The number of nitrogens with zero attached hydrogens (tertiary/aromatic N) is 2. The largest absolute Gasteiger partial charge is 0.379 e. The molecule has 2 rings (SSSR count). The number of aliphatic hydroxyl groups is 1. The van der Waals surface area contributed by atoms with Crippen LogP contribution in [0.1, 0.15) is 43.6 Å². The van der Waals surface area contributed by atoms with Crippen LogP contribution >= 0.6 is 15.9 Å². The smallest absolute Gasteiger partial charge is 0.129 e. The van der Waals surface area contributed by atoms with Gasteiger partial charge in [-0.2, -0.15) is 5.10 Å². The first-order valence-electron chi connectivity index (χ1n) is 6.37. The minimum atomic E-state index is -1.08. The van der Waals surface area contributed by atoms with Crippen molar-refractivity contribution >= 4 is 15.9 Å². The third-order valence-electron chi connectivity index (χ3n) is 3.31. The highest BCUT2D eigenvalue weighted by Gasteiger charge is 2.32. The Morgan fingerprint density at radius 2 is 1.84 bits per heavy atom. The molecule has 0 saturated carbocycles. The molecule has 19 heavy (non-hydrogen) atoms. The second kappa shape index (κ2) is 5.10. The van der Waals surface area contributed by atoms with E-state index in [2.05, 4.69) is 21.0 Å². The number of hydrogen-bond acceptors (Lipinski definition) is 2. The van der Waals surface area contributed by atoms with E-state index in [9.17, 15) is 5.11 Å². The van der Waals surface area contributed by atoms with Gasteiger partial charge in [-0.05, 0) is 49.2 Å². The van der Waals surface area contributed by atoms with Gasteiger partial charge < -0.3 is 5.11 Å². The molecule has 0 amide bonds. The average Bonchev–Trinajstić information content (AvgIpc) is 2.72. The first kappa shape index (κ1) is 14.3. The molecule has 0 saturated heterocycles. The Morgan fingerprint density at radius 1 is 1.26 bits per heavy atom. The van der Waals surface area contributed by atoms with Gasteiger partial charge in [-0.1, -0.05) is 29.8 Å². The fourth-order valence-electron chi connectivity index (χ4n) is 2.20. The molecule has 2 aromatic rings. The Kier molecular flexibility index (Phi) is 3.83. The Balaban J connectivity index is 2.55. The predicted octanol–water partition coefficient (Wildman–Crippen LogP) is 3.79. The number of benzene rings is 1. The molecule has 102 valence electrons. The SMILES string of the molecule is Cc1ccc(C(C)(O)c2c(Br)cnn2C(C)C)cc1. The van der Waals surface area contributed by atoms with Gasteiger partial charge >= 0.3 is 0 Å². The average molecular weight is 323 g/mol. The molecule has 1 aromatic heterocycles. The Morgan fingerprint density at radius 3 is 2.37 bits per heavy atom. The fraction of sp³-hybridized carbons (Fsp3) is 0.400. The molecule has 1 N–H and O–H groups in total. The summed E-state index contributed by atoms with van der Waals surface area (Å²) in [7, 11) is 0. The molecule has 0 spiro atoms. The van der Waals surface area contributed by atoms with Crippen LogP contribution in [0.2, 0.25) is 0 Å². The van der Waals surface area contributed by atoms with E-state index >= 15 is 0 Å². The first-order chi connectivity index (χ1) is 8.84. The summed E-state index contributed by atoms with van der Waals surface area (Å²) < 4.78 is 2.68. The molecule has 1 aromatic carbocycles. The monoisotopic (exact) mass is 322 g/mol. The van der Waals surface area contributed by atoms with Gasteiger partial charge in [-0.15, -0.1) is 0 Å². The van der Waals surface area contributed by atoms with E-state index in [1.807, 2.05) is 49.7 Å². The maximum absolute atomic E-state index is 11.0. The van der Waals surface area contributed by atoms with Crippen LogP contribution in [0.5, 0.6) is 0 Å². The first-order valence-corrected chi connectivity index (χ1v) is 7.16. The fourth-order valence-corrected chi connectivity index (χ4v) is 2.86. The topological polar surface area (TPSA) is 38.1 Å². The van der Waals surface area contributed by atoms with Crippen LogP contribution in [0.15, 0.2) is 34.9 Å². The van der Waals surface area contributed by atoms with Crippen LogP contribution in [0.3, 0.4) is 0 Å². The highest BCUT2D eigenvalue weighted by atomic mass is 79.9. The van der Waals surface area contributed by atoms with E-state index in [4.69, 9.17) is 0 Å². The molecular formula is C15H19BrN2O. The number of rotatable bonds is 3. The summed E-state index contributed by atoms with van der Waals surface area (Å²) in [4.78, 5) is 0. The number of aromatic nitrogens is 2. The van der Waals surface area contributed by atoms with Gasteiger partial charge in [0.25, 0.3) is 0 Å². The van der Waals surface area contributed by atoms with E-state index in [1.54, 1.807) is 13.1 Å². The van der Waals surface area contributed by atoms with Crippen molar-refractivity contribution in [1.82, 2.24) is 9.78 Å². The highest BCUT2D eigenvalue weighted by Crippen LogP contribution is 2.35.